The molecule has 5 nitrogen and oxygen atoms in total. The second-order valence-electron chi connectivity index (χ2n) is 5.37. The molecular formula is C17H26N2O3. The van der Waals surface area contributed by atoms with E-state index in [1.165, 1.54) is 0 Å². The average Bonchev–Trinajstić information content (AvgIpc) is 2.52. The summed E-state index contributed by atoms with van der Waals surface area (Å²) in [6, 6.07) is 8.99. The first kappa shape index (κ1) is 18.0. The van der Waals surface area contributed by atoms with E-state index in [9.17, 15) is 9.59 Å². The number of ether oxygens (including phenoxy) is 1. The molecule has 2 N–H and O–H groups in total. The Morgan fingerprint density at radius 3 is 2.27 bits per heavy atom. The van der Waals surface area contributed by atoms with E-state index in [0.29, 0.717) is 0 Å². The molecule has 122 valence electrons. The van der Waals surface area contributed by atoms with Crippen molar-refractivity contribution in [3.63, 3.8) is 0 Å². The van der Waals surface area contributed by atoms with E-state index in [0.717, 1.165) is 12.0 Å². The maximum Gasteiger partial charge on any atom is 0.407 e. The third kappa shape index (κ3) is 5.39. The molecule has 0 saturated heterocycles. The van der Waals surface area contributed by atoms with Crippen LogP contribution in [0.3, 0.4) is 0 Å². The van der Waals surface area contributed by atoms with Crippen LogP contribution in [0.4, 0.5) is 4.79 Å². The average molecular weight is 306 g/mol. The Morgan fingerprint density at radius 1 is 1.09 bits per heavy atom. The molecule has 0 aliphatic rings. The molecule has 0 aliphatic heterocycles. The minimum Gasteiger partial charge on any atom is -0.450 e. The summed E-state index contributed by atoms with van der Waals surface area (Å²) >= 11 is 0. The zero-order valence-electron chi connectivity index (χ0n) is 13.8. The number of carbonyl (C=O) groups is 2. The highest BCUT2D eigenvalue weighted by molar-refractivity contribution is 5.86. The van der Waals surface area contributed by atoms with E-state index in [1.54, 1.807) is 6.92 Å². The molecule has 1 rings (SSSR count). The van der Waals surface area contributed by atoms with Gasteiger partial charge in [0.25, 0.3) is 0 Å². The SMILES string of the molecule is CCOC(=O)N[C@H](C(=O)N[C@H](C)c1ccccc1)[C@@H](C)CC. The second-order valence-corrected chi connectivity index (χ2v) is 5.37. The van der Waals surface area contributed by atoms with Gasteiger partial charge in [0.2, 0.25) is 5.91 Å². The number of nitrogens with one attached hydrogen (secondary N) is 2. The zero-order chi connectivity index (χ0) is 16.5. The van der Waals surface area contributed by atoms with Crippen LogP contribution in [0.25, 0.3) is 0 Å². The lowest BCUT2D eigenvalue weighted by atomic mass is 9.98. The van der Waals surface area contributed by atoms with Crippen molar-refractivity contribution in [2.24, 2.45) is 5.92 Å². The highest BCUT2D eigenvalue weighted by Crippen LogP contribution is 2.14. The Kier molecular flexibility index (Phi) is 7.43. The van der Waals surface area contributed by atoms with Gasteiger partial charge in [-0.1, -0.05) is 50.6 Å². The quantitative estimate of drug-likeness (QED) is 0.813. The molecule has 0 aromatic heterocycles. The van der Waals surface area contributed by atoms with E-state index >= 15 is 0 Å². The highest BCUT2D eigenvalue weighted by atomic mass is 16.5. The lowest BCUT2D eigenvalue weighted by Crippen LogP contribution is -2.50. The molecule has 0 fully saturated rings. The molecule has 0 heterocycles. The number of amides is 2. The maximum absolute atomic E-state index is 12.5. The fourth-order valence-electron chi connectivity index (χ4n) is 2.13. The molecular weight excluding hydrogens is 280 g/mol. The van der Waals surface area contributed by atoms with Crippen LogP contribution >= 0.6 is 0 Å². The zero-order valence-corrected chi connectivity index (χ0v) is 13.8. The first-order valence-electron chi connectivity index (χ1n) is 7.78. The fourth-order valence-corrected chi connectivity index (χ4v) is 2.13. The number of alkyl carbamates (subject to hydrolysis) is 1. The third-order valence-electron chi connectivity index (χ3n) is 3.70. The summed E-state index contributed by atoms with van der Waals surface area (Å²) in [5, 5.41) is 5.60. The van der Waals surface area contributed by atoms with Crippen molar-refractivity contribution in [1.82, 2.24) is 10.6 Å². The number of rotatable bonds is 7. The Labute approximate surface area is 132 Å². The summed E-state index contributed by atoms with van der Waals surface area (Å²) < 4.78 is 4.88. The molecule has 1 aromatic rings. The van der Waals surface area contributed by atoms with Crippen molar-refractivity contribution >= 4 is 12.0 Å². The molecule has 0 unspecified atom stereocenters. The summed E-state index contributed by atoms with van der Waals surface area (Å²) in [6.07, 6.45) is 0.222. The standard InChI is InChI=1S/C17H26N2O3/c1-5-12(3)15(19-17(21)22-6-2)16(20)18-13(4)14-10-8-7-9-11-14/h7-13,15H,5-6H2,1-4H3,(H,18,20)(H,19,21)/t12-,13+,15-/m0/s1. The van der Waals surface area contributed by atoms with Crippen LogP contribution < -0.4 is 10.6 Å². The summed E-state index contributed by atoms with van der Waals surface area (Å²) in [5.41, 5.74) is 1.02. The van der Waals surface area contributed by atoms with Gasteiger partial charge < -0.3 is 15.4 Å². The van der Waals surface area contributed by atoms with Crippen molar-refractivity contribution in [3.8, 4) is 0 Å². The van der Waals surface area contributed by atoms with Crippen LogP contribution in [0.15, 0.2) is 30.3 Å². The van der Waals surface area contributed by atoms with Gasteiger partial charge in [-0.05, 0) is 25.3 Å². The molecule has 1 aromatic carbocycles. The molecule has 0 saturated carbocycles. The first-order valence-corrected chi connectivity index (χ1v) is 7.78. The molecule has 22 heavy (non-hydrogen) atoms. The first-order chi connectivity index (χ1) is 10.5. The van der Waals surface area contributed by atoms with Gasteiger partial charge in [0.15, 0.2) is 0 Å². The van der Waals surface area contributed by atoms with E-state index in [1.807, 2.05) is 51.1 Å². The van der Waals surface area contributed by atoms with Gasteiger partial charge >= 0.3 is 6.09 Å². The van der Waals surface area contributed by atoms with Crippen molar-refractivity contribution in [2.45, 2.75) is 46.2 Å². The number of benzene rings is 1. The second kappa shape index (κ2) is 9.07. The van der Waals surface area contributed by atoms with E-state index in [4.69, 9.17) is 4.74 Å². The van der Waals surface area contributed by atoms with Gasteiger partial charge in [-0.3, -0.25) is 4.79 Å². The summed E-state index contributed by atoms with van der Waals surface area (Å²) in [6.45, 7) is 7.85. The van der Waals surface area contributed by atoms with Crippen LogP contribution in [0.2, 0.25) is 0 Å². The van der Waals surface area contributed by atoms with Crippen molar-refractivity contribution in [1.29, 1.82) is 0 Å². The van der Waals surface area contributed by atoms with Crippen molar-refractivity contribution in [2.75, 3.05) is 6.61 Å². The van der Waals surface area contributed by atoms with Crippen LogP contribution in [0.5, 0.6) is 0 Å². The Balaban J connectivity index is 2.73. The molecule has 2 amide bonds. The van der Waals surface area contributed by atoms with E-state index < -0.39 is 12.1 Å². The Morgan fingerprint density at radius 2 is 1.73 bits per heavy atom. The van der Waals surface area contributed by atoms with Crippen LogP contribution in [0, 0.1) is 5.92 Å². The monoisotopic (exact) mass is 306 g/mol. The minimum atomic E-state index is -0.602. The fraction of sp³-hybridized carbons (Fsp3) is 0.529. The molecule has 0 spiro atoms. The lowest BCUT2D eigenvalue weighted by Gasteiger charge is -2.25. The molecule has 0 bridgehead atoms. The summed E-state index contributed by atoms with van der Waals surface area (Å²) in [4.78, 5) is 24.1. The minimum absolute atomic E-state index is 0.0207. The van der Waals surface area contributed by atoms with Gasteiger partial charge in [0, 0.05) is 0 Å². The highest BCUT2D eigenvalue weighted by Gasteiger charge is 2.27. The molecule has 5 heteroatoms. The maximum atomic E-state index is 12.5. The van der Waals surface area contributed by atoms with Gasteiger partial charge in [-0.2, -0.15) is 0 Å². The number of hydrogen-bond donors (Lipinski definition) is 2. The topological polar surface area (TPSA) is 67.4 Å². The van der Waals surface area contributed by atoms with Crippen LogP contribution in [-0.4, -0.2) is 24.6 Å². The Bertz CT molecular complexity index is 476. The third-order valence-corrected chi connectivity index (χ3v) is 3.70. The largest absolute Gasteiger partial charge is 0.450 e. The van der Waals surface area contributed by atoms with Crippen LogP contribution in [0.1, 0.15) is 45.7 Å². The smallest absolute Gasteiger partial charge is 0.407 e. The van der Waals surface area contributed by atoms with Crippen molar-refractivity contribution < 1.29 is 14.3 Å². The summed E-state index contributed by atoms with van der Waals surface area (Å²) in [7, 11) is 0. The number of carbonyl (C=O) groups excluding carboxylic acids is 2. The van der Waals surface area contributed by atoms with Gasteiger partial charge in [0.05, 0.1) is 12.6 Å². The van der Waals surface area contributed by atoms with E-state index in [2.05, 4.69) is 10.6 Å². The van der Waals surface area contributed by atoms with Crippen molar-refractivity contribution in [3.05, 3.63) is 35.9 Å². The molecule has 0 aliphatic carbocycles. The summed E-state index contributed by atoms with van der Waals surface area (Å²) in [5.74, 6) is -0.175. The number of hydrogen-bond acceptors (Lipinski definition) is 3. The van der Waals surface area contributed by atoms with Gasteiger partial charge in [-0.25, -0.2) is 4.79 Å². The van der Waals surface area contributed by atoms with Gasteiger partial charge in [0.1, 0.15) is 6.04 Å². The Hall–Kier alpha value is -2.04. The predicted octanol–water partition coefficient (Wildman–Crippen LogP) is 3.02. The normalized spacial score (nSPS) is 14.5. The van der Waals surface area contributed by atoms with E-state index in [-0.39, 0.29) is 24.5 Å². The predicted molar refractivity (Wildman–Crippen MR) is 86.4 cm³/mol. The molecule has 3 atom stereocenters. The van der Waals surface area contributed by atoms with Crippen LogP contribution in [-0.2, 0) is 9.53 Å². The van der Waals surface area contributed by atoms with Gasteiger partial charge in [-0.15, -0.1) is 0 Å². The molecule has 0 radical (unpaired) electrons. The lowest BCUT2D eigenvalue weighted by molar-refractivity contribution is -0.124.